The average Bonchev–Trinajstić information content (AvgIpc) is 2.71. The van der Waals surface area contributed by atoms with E-state index in [2.05, 4.69) is 11.4 Å². The second kappa shape index (κ2) is 6.85. The van der Waals surface area contributed by atoms with Crippen LogP contribution in [0.2, 0.25) is 0 Å². The fourth-order valence-corrected chi connectivity index (χ4v) is 3.04. The molecule has 1 heterocycles. The highest BCUT2D eigenvalue weighted by atomic mass is 16.2. The molecular weight excluding hydrogens is 240 g/mol. The van der Waals surface area contributed by atoms with Crippen LogP contribution in [0.4, 0.5) is 0 Å². The van der Waals surface area contributed by atoms with E-state index in [1.54, 1.807) is 4.90 Å². The summed E-state index contributed by atoms with van der Waals surface area (Å²) in [5.74, 6) is 0.0119. The van der Waals surface area contributed by atoms with E-state index in [0.29, 0.717) is 6.42 Å². The Labute approximate surface area is 115 Å². The Balaban J connectivity index is 1.88. The zero-order valence-electron chi connectivity index (χ0n) is 11.7. The third-order valence-electron chi connectivity index (χ3n) is 4.06. The van der Waals surface area contributed by atoms with E-state index in [4.69, 9.17) is 0 Å². The maximum atomic E-state index is 12.3. The molecule has 4 heteroatoms. The number of allylic oxidation sites excluding steroid dienone is 1. The predicted molar refractivity (Wildman–Crippen MR) is 74.6 cm³/mol. The smallest absolute Gasteiger partial charge is 0.247 e. The molecule has 0 aromatic heterocycles. The van der Waals surface area contributed by atoms with Crippen LogP contribution in [0.3, 0.4) is 0 Å². The molecule has 1 N–H and O–H groups in total. The highest BCUT2D eigenvalue weighted by Crippen LogP contribution is 2.27. The first-order chi connectivity index (χ1) is 9.24. The minimum atomic E-state index is -0.292. The summed E-state index contributed by atoms with van der Waals surface area (Å²) in [6.45, 7) is 2.74. The van der Waals surface area contributed by atoms with Gasteiger partial charge < -0.3 is 5.32 Å². The Morgan fingerprint density at radius 3 is 2.68 bits per heavy atom. The van der Waals surface area contributed by atoms with Gasteiger partial charge in [-0.3, -0.25) is 14.5 Å². The SMILES string of the molecule is C/C=C/CCNC1CC(=O)N(C2CCCCC2)C1=O. The summed E-state index contributed by atoms with van der Waals surface area (Å²) in [5, 5.41) is 3.20. The molecule has 1 aliphatic heterocycles. The summed E-state index contributed by atoms with van der Waals surface area (Å²) in [6.07, 6.45) is 10.8. The lowest BCUT2D eigenvalue weighted by Gasteiger charge is -2.29. The second-order valence-electron chi connectivity index (χ2n) is 5.46. The molecule has 2 amide bonds. The summed E-state index contributed by atoms with van der Waals surface area (Å²) in [5.41, 5.74) is 0. The Morgan fingerprint density at radius 1 is 1.26 bits per heavy atom. The molecule has 1 saturated heterocycles. The number of carbonyl (C=O) groups is 2. The molecular formula is C15H24N2O2. The maximum Gasteiger partial charge on any atom is 0.247 e. The van der Waals surface area contributed by atoms with Crippen molar-refractivity contribution in [3.8, 4) is 0 Å². The van der Waals surface area contributed by atoms with Gasteiger partial charge >= 0.3 is 0 Å². The van der Waals surface area contributed by atoms with E-state index in [9.17, 15) is 9.59 Å². The van der Waals surface area contributed by atoms with Gasteiger partial charge in [0, 0.05) is 6.04 Å². The summed E-state index contributed by atoms with van der Waals surface area (Å²) in [7, 11) is 0. The van der Waals surface area contributed by atoms with Crippen molar-refractivity contribution in [3.05, 3.63) is 12.2 Å². The number of nitrogens with one attached hydrogen (secondary N) is 1. The Hall–Kier alpha value is -1.16. The third-order valence-corrected chi connectivity index (χ3v) is 4.06. The van der Waals surface area contributed by atoms with Crippen LogP contribution in [0.5, 0.6) is 0 Å². The number of rotatable bonds is 5. The zero-order chi connectivity index (χ0) is 13.7. The van der Waals surface area contributed by atoms with Gasteiger partial charge in [0.15, 0.2) is 0 Å². The fourth-order valence-electron chi connectivity index (χ4n) is 3.04. The van der Waals surface area contributed by atoms with Crippen LogP contribution >= 0.6 is 0 Å². The number of imide groups is 1. The van der Waals surface area contributed by atoms with E-state index in [1.807, 2.05) is 13.0 Å². The van der Waals surface area contributed by atoms with Gasteiger partial charge in [-0.2, -0.15) is 0 Å². The fraction of sp³-hybridized carbons (Fsp3) is 0.733. The zero-order valence-corrected chi connectivity index (χ0v) is 11.7. The minimum absolute atomic E-state index is 0.00243. The van der Waals surface area contributed by atoms with Crippen LogP contribution < -0.4 is 5.32 Å². The highest BCUT2D eigenvalue weighted by molar-refractivity contribution is 6.05. The first-order valence-electron chi connectivity index (χ1n) is 7.44. The largest absolute Gasteiger partial charge is 0.305 e. The average molecular weight is 264 g/mol. The van der Waals surface area contributed by atoms with E-state index < -0.39 is 0 Å². The van der Waals surface area contributed by atoms with Crippen molar-refractivity contribution in [2.24, 2.45) is 0 Å². The Kier molecular flexibility index (Phi) is 5.14. The number of amides is 2. The van der Waals surface area contributed by atoms with E-state index in [1.165, 1.54) is 6.42 Å². The van der Waals surface area contributed by atoms with Crippen LogP contribution in [0.1, 0.15) is 51.9 Å². The molecule has 0 bridgehead atoms. The first kappa shape index (κ1) is 14.3. The molecule has 2 fully saturated rings. The van der Waals surface area contributed by atoms with Crippen LogP contribution in [0.25, 0.3) is 0 Å². The van der Waals surface area contributed by atoms with Crippen molar-refractivity contribution in [1.29, 1.82) is 0 Å². The molecule has 1 saturated carbocycles. The lowest BCUT2D eigenvalue weighted by Crippen LogP contribution is -2.44. The topological polar surface area (TPSA) is 49.4 Å². The van der Waals surface area contributed by atoms with Crippen molar-refractivity contribution in [3.63, 3.8) is 0 Å². The summed E-state index contributed by atoms with van der Waals surface area (Å²) in [4.78, 5) is 25.9. The van der Waals surface area contributed by atoms with Crippen LogP contribution in [0, 0.1) is 0 Å². The van der Waals surface area contributed by atoms with Gasteiger partial charge in [0.1, 0.15) is 0 Å². The lowest BCUT2D eigenvalue weighted by molar-refractivity contribution is -0.142. The number of hydrogen-bond acceptors (Lipinski definition) is 3. The molecule has 1 aliphatic carbocycles. The molecule has 1 unspecified atom stereocenters. The summed E-state index contributed by atoms with van der Waals surface area (Å²) in [6, 6.07) is -0.129. The molecule has 19 heavy (non-hydrogen) atoms. The first-order valence-corrected chi connectivity index (χ1v) is 7.44. The van der Waals surface area contributed by atoms with Gasteiger partial charge in [-0.15, -0.1) is 0 Å². The van der Waals surface area contributed by atoms with Crippen molar-refractivity contribution < 1.29 is 9.59 Å². The van der Waals surface area contributed by atoms with Gasteiger partial charge in [0.25, 0.3) is 0 Å². The lowest BCUT2D eigenvalue weighted by atomic mass is 9.94. The van der Waals surface area contributed by atoms with Crippen LogP contribution in [-0.4, -0.2) is 35.3 Å². The summed E-state index contributed by atoms with van der Waals surface area (Å²) >= 11 is 0. The van der Waals surface area contributed by atoms with Gasteiger partial charge in [0.05, 0.1) is 12.5 Å². The number of nitrogens with zero attached hydrogens (tertiary/aromatic N) is 1. The molecule has 0 spiro atoms. The molecule has 1 atom stereocenters. The normalized spacial score (nSPS) is 25.7. The van der Waals surface area contributed by atoms with E-state index >= 15 is 0 Å². The quantitative estimate of drug-likeness (QED) is 0.469. The maximum absolute atomic E-state index is 12.3. The summed E-state index contributed by atoms with van der Waals surface area (Å²) < 4.78 is 0. The predicted octanol–water partition coefficient (Wildman–Crippen LogP) is 2.00. The Morgan fingerprint density at radius 2 is 2.00 bits per heavy atom. The molecule has 0 aromatic rings. The molecule has 0 aromatic carbocycles. The molecule has 0 radical (unpaired) electrons. The van der Waals surface area contributed by atoms with Crippen molar-refractivity contribution in [2.45, 2.75) is 64.0 Å². The van der Waals surface area contributed by atoms with Crippen LogP contribution in [0.15, 0.2) is 12.2 Å². The molecule has 2 aliphatic rings. The van der Waals surface area contributed by atoms with E-state index in [0.717, 1.165) is 38.6 Å². The highest BCUT2D eigenvalue weighted by Gasteiger charge is 2.41. The number of likely N-dealkylation sites (tertiary alicyclic amines) is 1. The van der Waals surface area contributed by atoms with Crippen molar-refractivity contribution >= 4 is 11.8 Å². The monoisotopic (exact) mass is 264 g/mol. The molecule has 2 rings (SSSR count). The van der Waals surface area contributed by atoms with Gasteiger partial charge in [-0.05, 0) is 32.7 Å². The van der Waals surface area contributed by atoms with E-state index in [-0.39, 0.29) is 23.9 Å². The standard InChI is InChI=1S/C15H24N2O2/c1-2-3-7-10-16-13-11-14(18)17(15(13)19)12-8-5-4-6-9-12/h2-3,12-13,16H,4-11H2,1H3/b3-2+. The number of hydrogen-bond donors (Lipinski definition) is 1. The second-order valence-corrected chi connectivity index (χ2v) is 5.46. The van der Waals surface area contributed by atoms with Crippen molar-refractivity contribution in [2.75, 3.05) is 6.54 Å². The van der Waals surface area contributed by atoms with Crippen LogP contribution in [-0.2, 0) is 9.59 Å². The van der Waals surface area contributed by atoms with Gasteiger partial charge in [0.2, 0.25) is 11.8 Å². The van der Waals surface area contributed by atoms with Gasteiger partial charge in [-0.1, -0.05) is 31.4 Å². The number of carbonyl (C=O) groups excluding carboxylic acids is 2. The molecule has 4 nitrogen and oxygen atoms in total. The Bertz CT molecular complexity index is 359. The molecule has 106 valence electrons. The van der Waals surface area contributed by atoms with Gasteiger partial charge in [-0.25, -0.2) is 0 Å². The van der Waals surface area contributed by atoms with Crippen molar-refractivity contribution in [1.82, 2.24) is 10.2 Å². The third kappa shape index (κ3) is 3.44. The minimum Gasteiger partial charge on any atom is -0.305 e.